The van der Waals surface area contributed by atoms with Crippen molar-refractivity contribution in [1.82, 2.24) is 4.98 Å². The van der Waals surface area contributed by atoms with Crippen LogP contribution in [0, 0.1) is 0 Å². The maximum absolute atomic E-state index is 3.27. The van der Waals surface area contributed by atoms with Crippen molar-refractivity contribution in [3.8, 4) is 0 Å². The summed E-state index contributed by atoms with van der Waals surface area (Å²) in [5.41, 5.74) is 0. The zero-order valence-corrected chi connectivity index (χ0v) is 8.66. The van der Waals surface area contributed by atoms with Crippen LogP contribution in [0.1, 0.15) is 26.1 Å². The molecule has 0 spiro atoms. The Bertz CT molecular complexity index is 220. The van der Waals surface area contributed by atoms with Crippen molar-refractivity contribution in [3.05, 3.63) is 18.2 Å². The highest BCUT2D eigenvalue weighted by atomic mass is 32.2. The molecular weight excluding hydrogens is 168 g/mol. The summed E-state index contributed by atoms with van der Waals surface area (Å²) in [5.74, 6) is 3.61. The third-order valence-corrected chi connectivity index (χ3v) is 2.64. The van der Waals surface area contributed by atoms with Gasteiger partial charge in [-0.15, -0.1) is 11.8 Å². The standard InChI is InChI=1S/C9H16N2S/c1-3-5-9-10-6-7-11(9)8-12-4-2/h6-7H,3-5,8H2,1-2H3/p+1. The molecule has 1 heterocycles. The van der Waals surface area contributed by atoms with Gasteiger partial charge in [0.15, 0.2) is 0 Å². The van der Waals surface area contributed by atoms with E-state index < -0.39 is 0 Å². The van der Waals surface area contributed by atoms with E-state index in [4.69, 9.17) is 0 Å². The van der Waals surface area contributed by atoms with Crippen LogP contribution in [0.25, 0.3) is 0 Å². The summed E-state index contributed by atoms with van der Waals surface area (Å²) in [6, 6.07) is 0. The third-order valence-electron chi connectivity index (χ3n) is 1.77. The first-order valence-electron chi connectivity index (χ1n) is 4.52. The first kappa shape index (κ1) is 9.65. The number of nitrogens with one attached hydrogen (secondary N) is 1. The Morgan fingerprint density at radius 2 is 2.33 bits per heavy atom. The summed E-state index contributed by atoms with van der Waals surface area (Å²) < 4.78 is 2.29. The maximum Gasteiger partial charge on any atom is 0.254 e. The molecule has 0 aliphatic rings. The summed E-state index contributed by atoms with van der Waals surface area (Å²) in [7, 11) is 0. The minimum absolute atomic E-state index is 1.08. The molecule has 0 aliphatic carbocycles. The number of rotatable bonds is 5. The van der Waals surface area contributed by atoms with Crippen molar-refractivity contribution < 1.29 is 4.57 Å². The molecule has 1 aromatic heterocycles. The van der Waals surface area contributed by atoms with Gasteiger partial charge in [-0.1, -0.05) is 13.8 Å². The van der Waals surface area contributed by atoms with Crippen molar-refractivity contribution >= 4 is 11.8 Å². The van der Waals surface area contributed by atoms with Crippen LogP contribution in [-0.4, -0.2) is 10.7 Å². The molecule has 68 valence electrons. The molecule has 3 heteroatoms. The van der Waals surface area contributed by atoms with Gasteiger partial charge >= 0.3 is 0 Å². The second-order valence-electron chi connectivity index (χ2n) is 2.75. The van der Waals surface area contributed by atoms with E-state index in [0.29, 0.717) is 0 Å². The zero-order valence-electron chi connectivity index (χ0n) is 7.84. The van der Waals surface area contributed by atoms with E-state index in [1.165, 1.54) is 18.0 Å². The summed E-state index contributed by atoms with van der Waals surface area (Å²) >= 11 is 1.95. The maximum atomic E-state index is 3.27. The average Bonchev–Trinajstić information content (AvgIpc) is 2.50. The Labute approximate surface area is 78.4 Å². The van der Waals surface area contributed by atoms with Gasteiger partial charge in [0.05, 0.1) is 0 Å². The van der Waals surface area contributed by atoms with Crippen molar-refractivity contribution in [2.45, 2.75) is 32.6 Å². The fourth-order valence-electron chi connectivity index (χ4n) is 1.16. The Morgan fingerprint density at radius 3 is 3.00 bits per heavy atom. The van der Waals surface area contributed by atoms with Crippen LogP contribution in [0.5, 0.6) is 0 Å². The lowest BCUT2D eigenvalue weighted by atomic mass is 10.3. The van der Waals surface area contributed by atoms with E-state index in [0.717, 1.165) is 12.3 Å². The summed E-state index contributed by atoms with van der Waals surface area (Å²) in [6.07, 6.45) is 6.49. The minimum atomic E-state index is 1.08. The lowest BCUT2D eigenvalue weighted by molar-refractivity contribution is -0.682. The second kappa shape index (κ2) is 5.25. The van der Waals surface area contributed by atoms with Crippen molar-refractivity contribution in [2.75, 3.05) is 5.75 Å². The van der Waals surface area contributed by atoms with Gasteiger partial charge in [0, 0.05) is 6.42 Å². The van der Waals surface area contributed by atoms with Crippen molar-refractivity contribution in [1.29, 1.82) is 0 Å². The number of nitrogens with zero attached hydrogens (tertiary/aromatic N) is 1. The van der Waals surface area contributed by atoms with Crippen LogP contribution in [-0.2, 0) is 12.3 Å². The van der Waals surface area contributed by atoms with Crippen LogP contribution in [0.4, 0.5) is 0 Å². The second-order valence-corrected chi connectivity index (χ2v) is 3.99. The fraction of sp³-hybridized carbons (Fsp3) is 0.667. The van der Waals surface area contributed by atoms with Gasteiger partial charge in [-0.25, -0.2) is 9.55 Å². The normalized spacial score (nSPS) is 10.5. The van der Waals surface area contributed by atoms with E-state index in [9.17, 15) is 0 Å². The molecule has 0 atom stereocenters. The van der Waals surface area contributed by atoms with Gasteiger partial charge in [-0.05, 0) is 12.2 Å². The van der Waals surface area contributed by atoms with E-state index in [1.54, 1.807) is 0 Å². The fourth-order valence-corrected chi connectivity index (χ4v) is 1.78. The Morgan fingerprint density at radius 1 is 1.50 bits per heavy atom. The number of thioether (sulfide) groups is 1. The highest BCUT2D eigenvalue weighted by Gasteiger charge is 2.07. The number of hydrogen-bond donors (Lipinski definition) is 1. The molecule has 0 amide bonds. The quantitative estimate of drug-likeness (QED) is 0.695. The number of H-pyrrole nitrogens is 1. The molecule has 0 saturated carbocycles. The smallest absolute Gasteiger partial charge is 0.248 e. The molecule has 1 rings (SSSR count). The largest absolute Gasteiger partial charge is 0.254 e. The molecule has 0 fully saturated rings. The summed E-state index contributed by atoms with van der Waals surface area (Å²) in [6.45, 7) is 4.40. The monoisotopic (exact) mass is 185 g/mol. The molecule has 1 aromatic rings. The van der Waals surface area contributed by atoms with E-state index in [2.05, 4.69) is 29.6 Å². The van der Waals surface area contributed by atoms with Gasteiger partial charge < -0.3 is 0 Å². The van der Waals surface area contributed by atoms with Gasteiger partial charge in [-0.3, -0.25) is 0 Å². The van der Waals surface area contributed by atoms with Crippen LogP contribution >= 0.6 is 11.8 Å². The van der Waals surface area contributed by atoms with Crippen LogP contribution in [0.2, 0.25) is 0 Å². The van der Waals surface area contributed by atoms with E-state index in [1.807, 2.05) is 18.0 Å². The lowest BCUT2D eigenvalue weighted by Crippen LogP contribution is -2.34. The average molecular weight is 185 g/mol. The Kier molecular flexibility index (Phi) is 4.22. The number of aromatic amines is 1. The molecule has 0 aliphatic heterocycles. The number of aryl methyl sites for hydroxylation is 1. The van der Waals surface area contributed by atoms with Gasteiger partial charge in [0.2, 0.25) is 0 Å². The topological polar surface area (TPSA) is 19.7 Å². The number of imidazole rings is 1. The van der Waals surface area contributed by atoms with Crippen LogP contribution in [0.15, 0.2) is 12.4 Å². The van der Waals surface area contributed by atoms with Gasteiger partial charge in [0.25, 0.3) is 5.82 Å². The molecule has 0 unspecified atom stereocenters. The van der Waals surface area contributed by atoms with Crippen LogP contribution < -0.4 is 4.57 Å². The molecular formula is C9H17N2S+. The SMILES string of the molecule is CCCc1[nH]cc[n+]1CSCC. The highest BCUT2D eigenvalue weighted by molar-refractivity contribution is 7.98. The lowest BCUT2D eigenvalue weighted by Gasteiger charge is -1.97. The molecule has 1 N–H and O–H groups in total. The number of hydrogen-bond acceptors (Lipinski definition) is 1. The van der Waals surface area contributed by atoms with Crippen molar-refractivity contribution in [2.24, 2.45) is 0 Å². The molecule has 0 bridgehead atoms. The van der Waals surface area contributed by atoms with E-state index >= 15 is 0 Å². The Hall–Kier alpha value is -0.440. The Balaban J connectivity index is 2.51. The molecule has 2 nitrogen and oxygen atoms in total. The van der Waals surface area contributed by atoms with Gasteiger partial charge in [-0.2, -0.15) is 0 Å². The predicted octanol–water partition coefficient (Wildman–Crippen LogP) is 1.97. The summed E-state index contributed by atoms with van der Waals surface area (Å²) in [4.78, 5) is 3.27. The molecule has 0 aromatic carbocycles. The first-order chi connectivity index (χ1) is 5.88. The van der Waals surface area contributed by atoms with Gasteiger partial charge in [0.1, 0.15) is 18.3 Å². The van der Waals surface area contributed by atoms with E-state index in [-0.39, 0.29) is 0 Å². The summed E-state index contributed by atoms with van der Waals surface area (Å²) in [5, 5.41) is 0. The zero-order chi connectivity index (χ0) is 8.81. The first-order valence-corrected chi connectivity index (χ1v) is 5.67. The predicted molar refractivity (Wildman–Crippen MR) is 53.1 cm³/mol. The van der Waals surface area contributed by atoms with Crippen molar-refractivity contribution in [3.63, 3.8) is 0 Å². The van der Waals surface area contributed by atoms with Crippen LogP contribution in [0.3, 0.4) is 0 Å². The molecule has 12 heavy (non-hydrogen) atoms. The highest BCUT2D eigenvalue weighted by Crippen LogP contribution is 2.00. The third kappa shape index (κ3) is 2.55. The minimum Gasteiger partial charge on any atom is -0.248 e. The number of aromatic nitrogens is 2. The molecule has 0 radical (unpaired) electrons. The molecule has 0 saturated heterocycles.